The number of aliphatic carboxylic acids is 1. The molecule has 0 heterocycles. The lowest BCUT2D eigenvalue weighted by atomic mass is 10.0. The highest BCUT2D eigenvalue weighted by atomic mass is 16.4. The largest absolute Gasteiger partial charge is 0.481 e. The van der Waals surface area contributed by atoms with Crippen LogP contribution in [0.1, 0.15) is 39.5 Å². The molecular formula is C17H30N6O7. The van der Waals surface area contributed by atoms with Gasteiger partial charge < -0.3 is 38.3 Å². The zero-order chi connectivity index (χ0) is 23.4. The molecule has 30 heavy (non-hydrogen) atoms. The van der Waals surface area contributed by atoms with E-state index in [0.29, 0.717) is 6.42 Å². The van der Waals surface area contributed by atoms with E-state index in [1.165, 1.54) is 0 Å². The number of primary amides is 2. The molecule has 13 nitrogen and oxygen atoms in total. The zero-order valence-electron chi connectivity index (χ0n) is 17.0. The summed E-state index contributed by atoms with van der Waals surface area (Å²) in [4.78, 5) is 69.4. The molecule has 0 rings (SSSR count). The Morgan fingerprint density at radius 1 is 0.933 bits per heavy atom. The van der Waals surface area contributed by atoms with Crippen LogP contribution >= 0.6 is 0 Å². The Hall–Kier alpha value is -3.22. The first kappa shape index (κ1) is 26.8. The SMILES string of the molecule is CC(C)C[C@H](N)C(=O)N[C@@H](CC(N)=O)C(=O)NCC(=O)N[C@@H](CCC(=O)O)C(N)=O. The number of nitrogens with one attached hydrogen (secondary N) is 3. The van der Waals surface area contributed by atoms with Crippen LogP contribution in [-0.2, 0) is 28.8 Å². The Balaban J connectivity index is 4.85. The minimum atomic E-state index is -1.35. The van der Waals surface area contributed by atoms with Gasteiger partial charge in [-0.15, -0.1) is 0 Å². The third kappa shape index (κ3) is 11.6. The molecule has 0 aromatic heterocycles. The van der Waals surface area contributed by atoms with Crippen molar-refractivity contribution >= 4 is 35.5 Å². The van der Waals surface area contributed by atoms with Crippen LogP contribution in [0.4, 0.5) is 0 Å². The van der Waals surface area contributed by atoms with Crippen molar-refractivity contribution in [3.8, 4) is 0 Å². The van der Waals surface area contributed by atoms with Gasteiger partial charge >= 0.3 is 5.97 Å². The monoisotopic (exact) mass is 430 g/mol. The average Bonchev–Trinajstić information content (AvgIpc) is 2.60. The van der Waals surface area contributed by atoms with Crippen molar-refractivity contribution in [2.45, 2.75) is 57.7 Å². The van der Waals surface area contributed by atoms with Gasteiger partial charge in [0, 0.05) is 6.42 Å². The minimum absolute atomic E-state index is 0.122. The van der Waals surface area contributed by atoms with E-state index in [4.69, 9.17) is 22.3 Å². The summed E-state index contributed by atoms with van der Waals surface area (Å²) in [5.74, 6) is -5.19. The number of nitrogens with two attached hydrogens (primary N) is 3. The van der Waals surface area contributed by atoms with Crippen molar-refractivity contribution in [1.82, 2.24) is 16.0 Å². The van der Waals surface area contributed by atoms with Gasteiger partial charge in [0.25, 0.3) is 0 Å². The zero-order valence-corrected chi connectivity index (χ0v) is 17.0. The molecule has 0 saturated carbocycles. The van der Waals surface area contributed by atoms with Crippen molar-refractivity contribution in [2.75, 3.05) is 6.54 Å². The summed E-state index contributed by atoms with van der Waals surface area (Å²) in [6.45, 7) is 3.10. The smallest absolute Gasteiger partial charge is 0.303 e. The van der Waals surface area contributed by atoms with Crippen LogP contribution in [0.5, 0.6) is 0 Å². The van der Waals surface area contributed by atoms with Crippen LogP contribution < -0.4 is 33.2 Å². The summed E-state index contributed by atoms with van der Waals surface area (Å²) in [6, 6.07) is -3.48. The van der Waals surface area contributed by atoms with Gasteiger partial charge in [-0.3, -0.25) is 28.8 Å². The van der Waals surface area contributed by atoms with Crippen molar-refractivity contribution in [3.05, 3.63) is 0 Å². The quantitative estimate of drug-likeness (QED) is 0.147. The molecule has 0 aliphatic heterocycles. The first-order chi connectivity index (χ1) is 13.8. The lowest BCUT2D eigenvalue weighted by Crippen LogP contribution is -2.54. The van der Waals surface area contributed by atoms with Gasteiger partial charge in [0.1, 0.15) is 12.1 Å². The Morgan fingerprint density at radius 3 is 2.00 bits per heavy atom. The van der Waals surface area contributed by atoms with Gasteiger partial charge in [0.15, 0.2) is 0 Å². The molecular weight excluding hydrogens is 400 g/mol. The van der Waals surface area contributed by atoms with E-state index in [1.807, 2.05) is 13.8 Å². The van der Waals surface area contributed by atoms with Gasteiger partial charge in [-0.05, 0) is 18.8 Å². The fourth-order valence-electron chi connectivity index (χ4n) is 2.39. The lowest BCUT2D eigenvalue weighted by molar-refractivity contribution is -0.138. The molecule has 3 atom stereocenters. The Morgan fingerprint density at radius 2 is 1.53 bits per heavy atom. The number of carboxylic acids is 1. The van der Waals surface area contributed by atoms with Gasteiger partial charge in [0.05, 0.1) is 19.0 Å². The molecule has 170 valence electrons. The molecule has 0 fully saturated rings. The summed E-state index contributed by atoms with van der Waals surface area (Å²) >= 11 is 0. The molecule has 0 spiro atoms. The fraction of sp³-hybridized carbons (Fsp3) is 0.647. The van der Waals surface area contributed by atoms with Crippen LogP contribution in [0.3, 0.4) is 0 Å². The molecule has 0 bridgehead atoms. The summed E-state index contributed by atoms with van der Waals surface area (Å²) < 4.78 is 0. The van der Waals surface area contributed by atoms with E-state index in [9.17, 15) is 28.8 Å². The van der Waals surface area contributed by atoms with Crippen LogP contribution in [0.15, 0.2) is 0 Å². The first-order valence-corrected chi connectivity index (χ1v) is 9.25. The summed E-state index contributed by atoms with van der Waals surface area (Å²) in [5.41, 5.74) is 15.9. The molecule has 0 aliphatic carbocycles. The van der Waals surface area contributed by atoms with E-state index < -0.39 is 73.0 Å². The highest BCUT2D eigenvalue weighted by Crippen LogP contribution is 2.04. The van der Waals surface area contributed by atoms with E-state index in [-0.39, 0.29) is 12.3 Å². The topological polar surface area (TPSA) is 237 Å². The number of carboxylic acid groups (broad SMARTS) is 1. The molecule has 0 aliphatic rings. The maximum absolute atomic E-state index is 12.3. The van der Waals surface area contributed by atoms with E-state index in [1.54, 1.807) is 0 Å². The highest BCUT2D eigenvalue weighted by Gasteiger charge is 2.26. The lowest BCUT2D eigenvalue weighted by Gasteiger charge is -2.21. The molecule has 13 heteroatoms. The maximum atomic E-state index is 12.3. The van der Waals surface area contributed by atoms with Gasteiger partial charge in [-0.1, -0.05) is 13.8 Å². The molecule has 10 N–H and O–H groups in total. The third-order valence-corrected chi connectivity index (χ3v) is 3.85. The van der Waals surface area contributed by atoms with Gasteiger partial charge in [-0.2, -0.15) is 0 Å². The van der Waals surface area contributed by atoms with Crippen LogP contribution in [0.25, 0.3) is 0 Å². The van der Waals surface area contributed by atoms with Crippen molar-refractivity contribution in [2.24, 2.45) is 23.1 Å². The molecule has 0 aromatic rings. The minimum Gasteiger partial charge on any atom is -0.481 e. The van der Waals surface area contributed by atoms with Gasteiger partial charge in [0.2, 0.25) is 29.5 Å². The first-order valence-electron chi connectivity index (χ1n) is 9.25. The number of rotatable bonds is 14. The predicted octanol–water partition coefficient (Wildman–Crippen LogP) is -3.33. The van der Waals surface area contributed by atoms with Crippen LogP contribution in [0, 0.1) is 5.92 Å². The number of hydrogen-bond donors (Lipinski definition) is 7. The highest BCUT2D eigenvalue weighted by molar-refractivity contribution is 5.95. The Kier molecular flexibility index (Phi) is 11.7. The second-order valence-corrected chi connectivity index (χ2v) is 7.14. The number of carbonyl (C=O) groups is 6. The third-order valence-electron chi connectivity index (χ3n) is 3.85. The van der Waals surface area contributed by atoms with Crippen LogP contribution in [-0.4, -0.2) is 65.3 Å². The molecule has 0 aromatic carbocycles. The van der Waals surface area contributed by atoms with E-state index in [0.717, 1.165) is 0 Å². The molecule has 0 radical (unpaired) electrons. The summed E-state index contributed by atoms with van der Waals surface area (Å²) in [5, 5.41) is 15.4. The van der Waals surface area contributed by atoms with Crippen molar-refractivity contribution in [3.63, 3.8) is 0 Å². The standard InChI is InChI=1S/C17H30N6O7/c1-8(2)5-9(18)16(29)23-11(6-12(19)24)17(30)21-7-13(25)22-10(15(20)28)3-4-14(26)27/h8-11H,3-7,18H2,1-2H3,(H2,19,24)(H2,20,28)(H,21,30)(H,22,25)(H,23,29)(H,26,27)/t9-,10-,11-/m0/s1. The molecule has 0 unspecified atom stereocenters. The summed E-state index contributed by atoms with van der Waals surface area (Å²) in [7, 11) is 0. The number of carbonyl (C=O) groups excluding carboxylic acids is 5. The molecule has 5 amide bonds. The van der Waals surface area contributed by atoms with Crippen LogP contribution in [0.2, 0.25) is 0 Å². The number of amides is 5. The summed E-state index contributed by atoms with van der Waals surface area (Å²) in [6.07, 6.45) is -0.790. The van der Waals surface area contributed by atoms with E-state index >= 15 is 0 Å². The number of hydrogen-bond acceptors (Lipinski definition) is 7. The normalized spacial score (nSPS) is 13.6. The predicted molar refractivity (Wildman–Crippen MR) is 104 cm³/mol. The van der Waals surface area contributed by atoms with E-state index in [2.05, 4.69) is 16.0 Å². The second-order valence-electron chi connectivity index (χ2n) is 7.14. The fourth-order valence-corrected chi connectivity index (χ4v) is 2.39. The Labute approximate surface area is 173 Å². The van der Waals surface area contributed by atoms with Crippen molar-refractivity contribution in [1.29, 1.82) is 0 Å². The average molecular weight is 430 g/mol. The maximum Gasteiger partial charge on any atom is 0.303 e. The van der Waals surface area contributed by atoms with Crippen molar-refractivity contribution < 1.29 is 33.9 Å². The Bertz CT molecular complexity index is 667. The second kappa shape index (κ2) is 13.1. The molecule has 0 saturated heterocycles. The van der Waals surface area contributed by atoms with Gasteiger partial charge in [-0.25, -0.2) is 0 Å².